The lowest BCUT2D eigenvalue weighted by molar-refractivity contribution is 0.0695. The lowest BCUT2D eigenvalue weighted by atomic mass is 10.2. The van der Waals surface area contributed by atoms with Crippen molar-refractivity contribution in [3.05, 3.63) is 23.2 Å². The van der Waals surface area contributed by atoms with Crippen LogP contribution in [0.4, 0.5) is 0 Å². The van der Waals surface area contributed by atoms with Crippen LogP contribution in [-0.4, -0.2) is 30.8 Å². The van der Waals surface area contributed by atoms with E-state index in [4.69, 9.17) is 14.3 Å². The van der Waals surface area contributed by atoms with E-state index in [0.29, 0.717) is 24.7 Å². The van der Waals surface area contributed by atoms with Crippen LogP contribution in [-0.2, 0) is 11.3 Å². The predicted octanol–water partition coefficient (Wildman–Crippen LogP) is 2.19. The molecule has 0 amide bonds. The number of hydrogen-bond donors (Lipinski definition) is 2. The first-order valence-electron chi connectivity index (χ1n) is 6.13. The van der Waals surface area contributed by atoms with E-state index in [1.165, 1.54) is 0 Å². The molecule has 5 heteroatoms. The van der Waals surface area contributed by atoms with Gasteiger partial charge in [0.2, 0.25) is 0 Å². The first kappa shape index (κ1) is 14.7. The van der Waals surface area contributed by atoms with Crippen molar-refractivity contribution < 1.29 is 19.1 Å². The molecular weight excluding hydrogens is 234 g/mol. The SMILES string of the molecule is CCCC(COC)NCc1cc(C(=O)O)c(C)o1. The van der Waals surface area contributed by atoms with E-state index in [1.54, 1.807) is 20.1 Å². The summed E-state index contributed by atoms with van der Waals surface area (Å²) >= 11 is 0. The Kier molecular flexibility index (Phi) is 5.88. The highest BCUT2D eigenvalue weighted by Gasteiger charge is 2.14. The van der Waals surface area contributed by atoms with Crippen molar-refractivity contribution in [2.45, 2.75) is 39.3 Å². The van der Waals surface area contributed by atoms with Gasteiger partial charge >= 0.3 is 5.97 Å². The molecule has 102 valence electrons. The normalized spacial score (nSPS) is 12.6. The highest BCUT2D eigenvalue weighted by atomic mass is 16.5. The van der Waals surface area contributed by atoms with E-state index >= 15 is 0 Å². The first-order chi connectivity index (χ1) is 8.58. The lowest BCUT2D eigenvalue weighted by Crippen LogP contribution is -2.32. The van der Waals surface area contributed by atoms with Crippen LogP contribution in [0.3, 0.4) is 0 Å². The molecule has 1 rings (SSSR count). The molecule has 1 heterocycles. The molecule has 2 N–H and O–H groups in total. The van der Waals surface area contributed by atoms with Gasteiger partial charge in [-0.3, -0.25) is 0 Å². The summed E-state index contributed by atoms with van der Waals surface area (Å²) in [6.45, 7) is 4.93. The fourth-order valence-corrected chi connectivity index (χ4v) is 1.88. The second-order valence-corrected chi connectivity index (χ2v) is 4.31. The second kappa shape index (κ2) is 7.18. The van der Waals surface area contributed by atoms with Crippen LogP contribution >= 0.6 is 0 Å². The summed E-state index contributed by atoms with van der Waals surface area (Å²) in [5, 5.41) is 12.2. The Morgan fingerprint density at radius 2 is 2.33 bits per heavy atom. The van der Waals surface area contributed by atoms with Gasteiger partial charge in [-0.2, -0.15) is 0 Å². The Labute approximate surface area is 107 Å². The minimum absolute atomic E-state index is 0.227. The summed E-state index contributed by atoms with van der Waals surface area (Å²) in [5.74, 6) is 0.129. The van der Waals surface area contributed by atoms with Gasteiger partial charge in [0.05, 0.1) is 13.2 Å². The number of carboxylic acids is 1. The standard InChI is InChI=1S/C13H21NO4/c1-4-5-10(8-17-3)14-7-11-6-12(13(15)16)9(2)18-11/h6,10,14H,4-5,7-8H2,1-3H3,(H,15,16). The number of carboxylic acid groups (broad SMARTS) is 1. The highest BCUT2D eigenvalue weighted by Crippen LogP contribution is 2.14. The highest BCUT2D eigenvalue weighted by molar-refractivity contribution is 5.88. The lowest BCUT2D eigenvalue weighted by Gasteiger charge is -2.16. The third-order valence-corrected chi connectivity index (χ3v) is 2.77. The Hall–Kier alpha value is -1.33. The average Bonchev–Trinajstić information content (AvgIpc) is 2.68. The van der Waals surface area contributed by atoms with E-state index in [-0.39, 0.29) is 11.6 Å². The molecule has 0 aliphatic heterocycles. The smallest absolute Gasteiger partial charge is 0.339 e. The third kappa shape index (κ3) is 4.16. The predicted molar refractivity (Wildman–Crippen MR) is 67.8 cm³/mol. The van der Waals surface area contributed by atoms with Crippen LogP contribution in [0, 0.1) is 6.92 Å². The fourth-order valence-electron chi connectivity index (χ4n) is 1.88. The Balaban J connectivity index is 2.56. The summed E-state index contributed by atoms with van der Waals surface area (Å²) in [4.78, 5) is 10.9. The zero-order valence-electron chi connectivity index (χ0n) is 11.2. The number of ether oxygens (including phenoxy) is 1. The van der Waals surface area contributed by atoms with E-state index in [2.05, 4.69) is 12.2 Å². The zero-order chi connectivity index (χ0) is 13.5. The number of aryl methyl sites for hydroxylation is 1. The molecule has 0 aromatic carbocycles. The molecule has 1 unspecified atom stereocenters. The minimum Gasteiger partial charge on any atom is -0.478 e. The van der Waals surface area contributed by atoms with Crippen molar-refractivity contribution in [1.82, 2.24) is 5.32 Å². The number of rotatable bonds is 8. The van der Waals surface area contributed by atoms with Gasteiger partial charge in [0.15, 0.2) is 0 Å². The molecule has 0 fully saturated rings. The van der Waals surface area contributed by atoms with E-state index in [1.807, 2.05) is 0 Å². The molecule has 1 atom stereocenters. The van der Waals surface area contributed by atoms with Crippen molar-refractivity contribution in [2.24, 2.45) is 0 Å². The summed E-state index contributed by atoms with van der Waals surface area (Å²) < 4.78 is 10.5. The summed E-state index contributed by atoms with van der Waals surface area (Å²) in [6.07, 6.45) is 2.08. The van der Waals surface area contributed by atoms with E-state index in [9.17, 15) is 4.79 Å². The number of aromatic carboxylic acids is 1. The number of hydrogen-bond acceptors (Lipinski definition) is 4. The van der Waals surface area contributed by atoms with Gasteiger partial charge in [-0.15, -0.1) is 0 Å². The number of carbonyl (C=O) groups is 1. The zero-order valence-corrected chi connectivity index (χ0v) is 11.2. The maximum Gasteiger partial charge on any atom is 0.339 e. The molecular formula is C13H21NO4. The summed E-state index contributed by atoms with van der Waals surface area (Å²) in [5.41, 5.74) is 0.227. The Bertz CT molecular complexity index is 380. The van der Waals surface area contributed by atoms with Crippen LogP contribution in [0.25, 0.3) is 0 Å². The van der Waals surface area contributed by atoms with Gasteiger partial charge in [0.25, 0.3) is 0 Å². The van der Waals surface area contributed by atoms with Crippen molar-refractivity contribution in [1.29, 1.82) is 0 Å². The van der Waals surface area contributed by atoms with Crippen molar-refractivity contribution in [3.63, 3.8) is 0 Å². The van der Waals surface area contributed by atoms with Crippen LogP contribution in [0.15, 0.2) is 10.5 Å². The molecule has 0 radical (unpaired) electrons. The molecule has 0 saturated carbocycles. The van der Waals surface area contributed by atoms with Gasteiger partial charge in [0.1, 0.15) is 17.1 Å². The quantitative estimate of drug-likeness (QED) is 0.745. The average molecular weight is 255 g/mol. The van der Waals surface area contributed by atoms with Gasteiger partial charge in [-0.25, -0.2) is 4.79 Å². The minimum atomic E-state index is -0.954. The maximum absolute atomic E-state index is 10.9. The third-order valence-electron chi connectivity index (χ3n) is 2.77. The Morgan fingerprint density at radius 1 is 1.61 bits per heavy atom. The molecule has 1 aromatic heterocycles. The monoisotopic (exact) mass is 255 g/mol. The second-order valence-electron chi connectivity index (χ2n) is 4.31. The molecule has 0 spiro atoms. The van der Waals surface area contributed by atoms with Crippen molar-refractivity contribution in [3.8, 4) is 0 Å². The van der Waals surface area contributed by atoms with Gasteiger partial charge in [0, 0.05) is 13.2 Å². The van der Waals surface area contributed by atoms with Crippen LogP contribution in [0.2, 0.25) is 0 Å². The van der Waals surface area contributed by atoms with Gasteiger partial charge < -0.3 is 19.6 Å². The largest absolute Gasteiger partial charge is 0.478 e. The van der Waals surface area contributed by atoms with E-state index < -0.39 is 5.97 Å². The first-order valence-corrected chi connectivity index (χ1v) is 6.13. The maximum atomic E-state index is 10.9. The number of methoxy groups -OCH3 is 1. The topological polar surface area (TPSA) is 71.7 Å². The summed E-state index contributed by atoms with van der Waals surface area (Å²) in [6, 6.07) is 1.83. The van der Waals surface area contributed by atoms with Crippen LogP contribution in [0.1, 0.15) is 41.6 Å². The molecule has 0 saturated heterocycles. The molecule has 0 aliphatic rings. The van der Waals surface area contributed by atoms with E-state index in [0.717, 1.165) is 12.8 Å². The van der Waals surface area contributed by atoms with Crippen molar-refractivity contribution in [2.75, 3.05) is 13.7 Å². The molecule has 0 bridgehead atoms. The molecule has 0 aliphatic carbocycles. The Morgan fingerprint density at radius 3 is 2.83 bits per heavy atom. The van der Waals surface area contributed by atoms with Crippen LogP contribution < -0.4 is 5.32 Å². The number of nitrogens with one attached hydrogen (secondary N) is 1. The van der Waals surface area contributed by atoms with Gasteiger partial charge in [-0.05, 0) is 19.4 Å². The molecule has 5 nitrogen and oxygen atoms in total. The van der Waals surface area contributed by atoms with Crippen molar-refractivity contribution >= 4 is 5.97 Å². The van der Waals surface area contributed by atoms with Crippen LogP contribution in [0.5, 0.6) is 0 Å². The molecule has 18 heavy (non-hydrogen) atoms. The fraction of sp³-hybridized carbons (Fsp3) is 0.615. The number of furan rings is 1. The molecule has 1 aromatic rings. The summed E-state index contributed by atoms with van der Waals surface area (Å²) in [7, 11) is 1.67. The van der Waals surface area contributed by atoms with Gasteiger partial charge in [-0.1, -0.05) is 13.3 Å².